The first-order valence-corrected chi connectivity index (χ1v) is 7.84. The standard InChI is InChI=1S/C12H13Br3NO/c1-8-2-4-16(5-3-8)17-12-10(14)6-9(13)7-11(12)15/h6-8H,1-5H2. The molecule has 1 aromatic carbocycles. The largest absolute Gasteiger partial charge is 0.404 e. The van der Waals surface area contributed by atoms with Gasteiger partial charge in [0.15, 0.2) is 5.75 Å². The van der Waals surface area contributed by atoms with Crippen molar-refractivity contribution in [1.82, 2.24) is 5.06 Å². The second kappa shape index (κ2) is 6.04. The van der Waals surface area contributed by atoms with E-state index in [4.69, 9.17) is 4.84 Å². The van der Waals surface area contributed by atoms with Crippen LogP contribution in [0.1, 0.15) is 12.8 Å². The van der Waals surface area contributed by atoms with E-state index in [1.807, 2.05) is 17.2 Å². The smallest absolute Gasteiger partial charge is 0.175 e. The third-order valence-electron chi connectivity index (χ3n) is 2.76. The van der Waals surface area contributed by atoms with Crippen LogP contribution < -0.4 is 4.84 Å². The highest BCUT2D eigenvalue weighted by Crippen LogP contribution is 2.37. The summed E-state index contributed by atoms with van der Waals surface area (Å²) in [5, 5.41) is 2.00. The van der Waals surface area contributed by atoms with Crippen LogP contribution in [0.3, 0.4) is 0 Å². The second-order valence-corrected chi connectivity index (χ2v) is 6.79. The number of benzene rings is 1. The summed E-state index contributed by atoms with van der Waals surface area (Å²) in [6.07, 6.45) is 2.18. The summed E-state index contributed by atoms with van der Waals surface area (Å²) < 4.78 is 2.89. The fourth-order valence-electron chi connectivity index (χ4n) is 1.75. The summed E-state index contributed by atoms with van der Waals surface area (Å²) in [6.45, 7) is 5.95. The van der Waals surface area contributed by atoms with Gasteiger partial charge in [0, 0.05) is 17.6 Å². The van der Waals surface area contributed by atoms with Crippen molar-refractivity contribution >= 4 is 47.8 Å². The molecular weight excluding hydrogens is 414 g/mol. The van der Waals surface area contributed by atoms with Gasteiger partial charge < -0.3 is 4.84 Å². The number of rotatable bonds is 2. The van der Waals surface area contributed by atoms with Gasteiger partial charge in [0.05, 0.1) is 8.95 Å². The number of hydrogen-bond donors (Lipinski definition) is 0. The van der Waals surface area contributed by atoms with Gasteiger partial charge in [-0.05, 0) is 62.8 Å². The van der Waals surface area contributed by atoms with Gasteiger partial charge in [-0.2, -0.15) is 0 Å². The molecule has 1 saturated heterocycles. The molecule has 1 aromatic rings. The van der Waals surface area contributed by atoms with Gasteiger partial charge in [-0.1, -0.05) is 22.9 Å². The van der Waals surface area contributed by atoms with E-state index in [0.29, 0.717) is 5.92 Å². The minimum Gasteiger partial charge on any atom is -0.404 e. The Bertz CT molecular complexity index is 380. The third kappa shape index (κ3) is 3.69. The molecule has 1 heterocycles. The fraction of sp³-hybridized carbons (Fsp3) is 0.417. The molecule has 0 atom stereocenters. The molecule has 5 heteroatoms. The van der Waals surface area contributed by atoms with Crippen LogP contribution in [0.2, 0.25) is 0 Å². The predicted molar refractivity (Wildman–Crippen MR) is 79.8 cm³/mol. The second-order valence-electron chi connectivity index (χ2n) is 4.16. The van der Waals surface area contributed by atoms with E-state index in [1.54, 1.807) is 0 Å². The zero-order valence-corrected chi connectivity index (χ0v) is 14.0. The molecule has 2 nitrogen and oxygen atoms in total. The molecule has 1 aliphatic heterocycles. The average molecular weight is 427 g/mol. The van der Waals surface area contributed by atoms with Gasteiger partial charge in [-0.25, -0.2) is 0 Å². The van der Waals surface area contributed by atoms with Crippen molar-refractivity contribution in [3.8, 4) is 5.75 Å². The van der Waals surface area contributed by atoms with Gasteiger partial charge in [0.1, 0.15) is 0 Å². The molecule has 2 rings (SSSR count). The normalized spacial score (nSPS) is 18.4. The predicted octanol–water partition coefficient (Wildman–Crippen LogP) is 4.81. The molecule has 17 heavy (non-hydrogen) atoms. The maximum Gasteiger partial charge on any atom is 0.175 e. The van der Waals surface area contributed by atoms with E-state index in [-0.39, 0.29) is 0 Å². The van der Waals surface area contributed by atoms with Crippen molar-refractivity contribution in [2.45, 2.75) is 12.8 Å². The minimum absolute atomic E-state index is 0.562. The third-order valence-corrected chi connectivity index (χ3v) is 4.39. The van der Waals surface area contributed by atoms with Crippen molar-refractivity contribution in [3.63, 3.8) is 0 Å². The van der Waals surface area contributed by atoms with Crippen LogP contribution in [-0.4, -0.2) is 18.2 Å². The van der Waals surface area contributed by atoms with E-state index in [0.717, 1.165) is 45.1 Å². The van der Waals surface area contributed by atoms with Crippen LogP contribution >= 0.6 is 47.8 Å². The van der Waals surface area contributed by atoms with Crippen LogP contribution in [-0.2, 0) is 0 Å². The van der Waals surface area contributed by atoms with Gasteiger partial charge >= 0.3 is 0 Å². The molecule has 0 spiro atoms. The topological polar surface area (TPSA) is 12.5 Å². The maximum atomic E-state index is 5.91. The molecule has 93 valence electrons. The fourth-order valence-corrected chi connectivity index (χ4v) is 4.15. The molecule has 0 N–H and O–H groups in total. The molecule has 0 amide bonds. The van der Waals surface area contributed by atoms with Crippen LogP contribution in [0.4, 0.5) is 0 Å². The lowest BCUT2D eigenvalue weighted by atomic mass is 10.0. The highest BCUT2D eigenvalue weighted by molar-refractivity contribution is 9.11. The van der Waals surface area contributed by atoms with Crippen LogP contribution in [0.5, 0.6) is 5.75 Å². The molecule has 0 aliphatic carbocycles. The molecule has 0 unspecified atom stereocenters. The lowest BCUT2D eigenvalue weighted by Gasteiger charge is -2.30. The Morgan fingerprint density at radius 3 is 2.18 bits per heavy atom. The first-order valence-electron chi connectivity index (χ1n) is 5.47. The van der Waals surface area contributed by atoms with E-state index >= 15 is 0 Å². The van der Waals surface area contributed by atoms with E-state index < -0.39 is 0 Å². The number of piperidine rings is 1. The van der Waals surface area contributed by atoms with Gasteiger partial charge in [-0.3, -0.25) is 0 Å². The number of halogens is 3. The van der Waals surface area contributed by atoms with Crippen LogP contribution in [0, 0.1) is 12.8 Å². The van der Waals surface area contributed by atoms with Gasteiger partial charge in [0.25, 0.3) is 0 Å². The van der Waals surface area contributed by atoms with E-state index in [2.05, 4.69) is 54.7 Å². The molecule has 0 aromatic heterocycles. The molecule has 1 aliphatic rings. The molecule has 0 bridgehead atoms. The minimum atomic E-state index is 0.562. The lowest BCUT2D eigenvalue weighted by molar-refractivity contribution is -0.0794. The average Bonchev–Trinajstić information content (AvgIpc) is 2.26. The summed E-state index contributed by atoms with van der Waals surface area (Å²) in [7, 11) is 0. The highest BCUT2D eigenvalue weighted by atomic mass is 79.9. The highest BCUT2D eigenvalue weighted by Gasteiger charge is 2.19. The van der Waals surface area contributed by atoms with Gasteiger partial charge in [-0.15, -0.1) is 5.06 Å². The summed E-state index contributed by atoms with van der Waals surface area (Å²) in [5.74, 6) is 1.39. The first kappa shape index (κ1) is 13.8. The summed E-state index contributed by atoms with van der Waals surface area (Å²) >= 11 is 10.5. The quantitative estimate of drug-likeness (QED) is 0.672. The van der Waals surface area contributed by atoms with Crippen molar-refractivity contribution in [1.29, 1.82) is 0 Å². The Hall–Kier alpha value is 0.420. The number of hydrogen-bond acceptors (Lipinski definition) is 2. The molecule has 1 fully saturated rings. The van der Waals surface area contributed by atoms with Crippen molar-refractivity contribution in [3.05, 3.63) is 32.5 Å². The zero-order chi connectivity index (χ0) is 12.4. The van der Waals surface area contributed by atoms with Crippen molar-refractivity contribution in [2.24, 2.45) is 5.92 Å². The summed E-state index contributed by atoms with van der Waals surface area (Å²) in [6, 6.07) is 3.96. The zero-order valence-electron chi connectivity index (χ0n) is 9.26. The Labute approximate surface area is 127 Å². The van der Waals surface area contributed by atoms with E-state index in [9.17, 15) is 0 Å². The van der Waals surface area contributed by atoms with E-state index in [1.165, 1.54) is 0 Å². The Morgan fingerprint density at radius 1 is 1.12 bits per heavy atom. The Morgan fingerprint density at radius 2 is 1.65 bits per heavy atom. The summed E-state index contributed by atoms with van der Waals surface area (Å²) in [5.41, 5.74) is 0. The van der Waals surface area contributed by atoms with Gasteiger partial charge in [0.2, 0.25) is 0 Å². The molecular formula is C12H13Br3NO. The first-order chi connectivity index (χ1) is 8.06. The van der Waals surface area contributed by atoms with Crippen molar-refractivity contribution in [2.75, 3.05) is 13.1 Å². The number of hydroxylamine groups is 2. The number of nitrogens with zero attached hydrogens (tertiary/aromatic N) is 1. The molecule has 0 saturated carbocycles. The maximum absolute atomic E-state index is 5.91. The van der Waals surface area contributed by atoms with Crippen molar-refractivity contribution < 1.29 is 4.84 Å². The Balaban J connectivity index is 2.08. The van der Waals surface area contributed by atoms with Crippen LogP contribution in [0.25, 0.3) is 0 Å². The lowest BCUT2D eigenvalue weighted by Crippen LogP contribution is -2.35. The monoisotopic (exact) mass is 424 g/mol. The van der Waals surface area contributed by atoms with Crippen LogP contribution in [0.15, 0.2) is 25.6 Å². The Kier molecular flexibility index (Phi) is 4.92. The SMILES string of the molecule is [CH2]C1CCN(Oc2c(Br)cc(Br)cc2Br)CC1. The summed E-state index contributed by atoms with van der Waals surface area (Å²) in [4.78, 5) is 5.91. The molecule has 1 radical (unpaired) electrons.